The van der Waals surface area contributed by atoms with Gasteiger partial charge >= 0.3 is 0 Å². The van der Waals surface area contributed by atoms with E-state index in [0.29, 0.717) is 6.54 Å². The van der Waals surface area contributed by atoms with Crippen LogP contribution in [0.4, 0.5) is 5.69 Å². The highest BCUT2D eigenvalue weighted by Crippen LogP contribution is 2.13. The minimum Gasteiger partial charge on any atom is -0.396 e. The first-order valence-corrected chi connectivity index (χ1v) is 5.39. The molecule has 1 aromatic carbocycles. The van der Waals surface area contributed by atoms with E-state index >= 15 is 0 Å². The Bertz CT molecular complexity index is 271. The van der Waals surface area contributed by atoms with Crippen molar-refractivity contribution in [3.8, 4) is 0 Å². The van der Waals surface area contributed by atoms with Crippen LogP contribution < -0.4 is 10.6 Å². The molecule has 0 unspecified atom stereocenters. The number of unbranched alkanes of at least 4 members (excludes halogenated alkanes) is 1. The molecule has 0 bridgehead atoms. The lowest BCUT2D eigenvalue weighted by atomic mass is 10.2. The number of rotatable bonds is 6. The maximum Gasteiger partial charge on any atom is 0.0431 e. The van der Waals surface area contributed by atoms with Crippen LogP contribution in [0.5, 0.6) is 0 Å². The lowest BCUT2D eigenvalue weighted by Crippen LogP contribution is -2.18. The number of hydrogen-bond acceptors (Lipinski definition) is 3. The zero-order valence-electron chi connectivity index (χ0n) is 9.32. The summed E-state index contributed by atoms with van der Waals surface area (Å²) >= 11 is 0. The Labute approximate surface area is 91.5 Å². The molecule has 3 heteroatoms. The number of aliphatic hydroxyl groups excluding tert-OH is 1. The summed E-state index contributed by atoms with van der Waals surface area (Å²) in [5.74, 6) is 0. The Morgan fingerprint density at radius 3 is 2.40 bits per heavy atom. The number of nitrogens with two attached hydrogens (primary N) is 1. The molecule has 0 aliphatic heterocycles. The molecule has 1 rings (SSSR count). The van der Waals surface area contributed by atoms with Crippen molar-refractivity contribution in [1.82, 2.24) is 0 Å². The van der Waals surface area contributed by atoms with Gasteiger partial charge in [-0.2, -0.15) is 0 Å². The van der Waals surface area contributed by atoms with Crippen LogP contribution in [-0.2, 0) is 6.54 Å². The summed E-state index contributed by atoms with van der Waals surface area (Å²) in [7, 11) is 2.06. The predicted octanol–water partition coefficient (Wildman–Crippen LogP) is 1.35. The summed E-state index contributed by atoms with van der Waals surface area (Å²) in [5.41, 5.74) is 7.89. The molecule has 84 valence electrons. The summed E-state index contributed by atoms with van der Waals surface area (Å²) in [6, 6.07) is 8.28. The summed E-state index contributed by atoms with van der Waals surface area (Å²) in [6.07, 6.45) is 1.89. The third-order valence-electron chi connectivity index (χ3n) is 2.51. The van der Waals surface area contributed by atoms with Gasteiger partial charge in [0.2, 0.25) is 0 Å². The average molecular weight is 208 g/mol. The molecule has 1 aromatic rings. The number of benzene rings is 1. The van der Waals surface area contributed by atoms with Gasteiger partial charge in [0.05, 0.1) is 0 Å². The van der Waals surface area contributed by atoms with Gasteiger partial charge in [0.15, 0.2) is 0 Å². The van der Waals surface area contributed by atoms with E-state index < -0.39 is 0 Å². The fraction of sp³-hybridized carbons (Fsp3) is 0.500. The van der Waals surface area contributed by atoms with Gasteiger partial charge in [-0.3, -0.25) is 0 Å². The third kappa shape index (κ3) is 3.90. The van der Waals surface area contributed by atoms with Gasteiger partial charge in [-0.25, -0.2) is 0 Å². The summed E-state index contributed by atoms with van der Waals surface area (Å²) in [5, 5.41) is 8.69. The first kappa shape index (κ1) is 12.0. The minimum absolute atomic E-state index is 0.278. The molecule has 3 nitrogen and oxygen atoms in total. The Balaban J connectivity index is 2.46. The molecule has 0 heterocycles. The Kier molecular flexibility index (Phi) is 5.15. The Hall–Kier alpha value is -1.06. The molecular weight excluding hydrogens is 188 g/mol. The van der Waals surface area contributed by atoms with Gasteiger partial charge in [-0.05, 0) is 30.5 Å². The summed E-state index contributed by atoms with van der Waals surface area (Å²) < 4.78 is 0. The molecule has 3 N–H and O–H groups in total. The fourth-order valence-electron chi connectivity index (χ4n) is 1.48. The van der Waals surface area contributed by atoms with Crippen LogP contribution in [0.1, 0.15) is 18.4 Å². The first-order valence-electron chi connectivity index (χ1n) is 5.39. The Morgan fingerprint density at radius 2 is 1.87 bits per heavy atom. The summed E-state index contributed by atoms with van der Waals surface area (Å²) in [4.78, 5) is 2.19. The van der Waals surface area contributed by atoms with Gasteiger partial charge < -0.3 is 15.7 Å². The average Bonchev–Trinajstić information content (AvgIpc) is 2.29. The van der Waals surface area contributed by atoms with Crippen molar-refractivity contribution in [1.29, 1.82) is 0 Å². The molecule has 0 saturated heterocycles. The van der Waals surface area contributed by atoms with Crippen LogP contribution in [0.2, 0.25) is 0 Å². The van der Waals surface area contributed by atoms with E-state index in [4.69, 9.17) is 10.8 Å². The van der Waals surface area contributed by atoms with E-state index in [-0.39, 0.29) is 6.61 Å². The molecule has 0 saturated carbocycles. The monoisotopic (exact) mass is 208 g/mol. The topological polar surface area (TPSA) is 49.5 Å². The molecule has 15 heavy (non-hydrogen) atoms. The van der Waals surface area contributed by atoms with Crippen molar-refractivity contribution in [2.45, 2.75) is 19.4 Å². The van der Waals surface area contributed by atoms with Crippen LogP contribution >= 0.6 is 0 Å². The van der Waals surface area contributed by atoms with Crippen LogP contribution in [-0.4, -0.2) is 25.3 Å². The van der Waals surface area contributed by atoms with Crippen LogP contribution in [0, 0.1) is 0 Å². The number of nitrogens with zero attached hydrogens (tertiary/aromatic N) is 1. The van der Waals surface area contributed by atoms with Crippen molar-refractivity contribution < 1.29 is 5.11 Å². The fourth-order valence-corrected chi connectivity index (χ4v) is 1.48. The zero-order chi connectivity index (χ0) is 11.1. The molecular formula is C12H20N2O. The van der Waals surface area contributed by atoms with Gasteiger partial charge in [-0.1, -0.05) is 12.1 Å². The highest BCUT2D eigenvalue weighted by atomic mass is 16.2. The second-order valence-electron chi connectivity index (χ2n) is 3.72. The van der Waals surface area contributed by atoms with E-state index in [0.717, 1.165) is 24.9 Å². The SMILES string of the molecule is CN(CCCCO)c1ccc(CN)cc1. The first-order chi connectivity index (χ1) is 7.27. The lowest BCUT2D eigenvalue weighted by molar-refractivity contribution is 0.285. The molecule has 0 radical (unpaired) electrons. The van der Waals surface area contributed by atoms with E-state index in [9.17, 15) is 0 Å². The van der Waals surface area contributed by atoms with E-state index in [1.54, 1.807) is 0 Å². The van der Waals surface area contributed by atoms with Gasteiger partial charge in [0, 0.05) is 32.4 Å². The number of aliphatic hydroxyl groups is 1. The van der Waals surface area contributed by atoms with E-state index in [1.807, 2.05) is 0 Å². The van der Waals surface area contributed by atoms with Crippen LogP contribution in [0.15, 0.2) is 24.3 Å². The molecule has 0 aliphatic rings. The van der Waals surface area contributed by atoms with Crippen molar-refractivity contribution in [2.24, 2.45) is 5.73 Å². The molecule has 0 amide bonds. The lowest BCUT2D eigenvalue weighted by Gasteiger charge is -2.19. The van der Waals surface area contributed by atoms with Crippen LogP contribution in [0.3, 0.4) is 0 Å². The van der Waals surface area contributed by atoms with Gasteiger partial charge in [-0.15, -0.1) is 0 Å². The maximum absolute atomic E-state index is 8.69. The van der Waals surface area contributed by atoms with E-state index in [1.165, 1.54) is 5.69 Å². The van der Waals surface area contributed by atoms with Crippen LogP contribution in [0.25, 0.3) is 0 Å². The second kappa shape index (κ2) is 6.43. The minimum atomic E-state index is 0.278. The molecule has 0 aromatic heterocycles. The van der Waals surface area contributed by atoms with E-state index in [2.05, 4.69) is 36.2 Å². The van der Waals surface area contributed by atoms with Crippen molar-refractivity contribution >= 4 is 5.69 Å². The standard InChI is InChI=1S/C12H20N2O/c1-14(8-2-3-9-15)12-6-4-11(10-13)5-7-12/h4-7,15H,2-3,8-10,13H2,1H3. The van der Waals surface area contributed by atoms with Crippen molar-refractivity contribution in [2.75, 3.05) is 25.1 Å². The smallest absolute Gasteiger partial charge is 0.0431 e. The zero-order valence-corrected chi connectivity index (χ0v) is 9.32. The maximum atomic E-state index is 8.69. The third-order valence-corrected chi connectivity index (χ3v) is 2.51. The van der Waals surface area contributed by atoms with Gasteiger partial charge in [0.1, 0.15) is 0 Å². The molecule has 0 fully saturated rings. The van der Waals surface area contributed by atoms with Crippen molar-refractivity contribution in [3.05, 3.63) is 29.8 Å². The molecule has 0 atom stereocenters. The quantitative estimate of drug-likeness (QED) is 0.694. The molecule has 0 aliphatic carbocycles. The van der Waals surface area contributed by atoms with Gasteiger partial charge in [0.25, 0.3) is 0 Å². The number of hydrogen-bond donors (Lipinski definition) is 2. The Morgan fingerprint density at radius 1 is 1.20 bits per heavy atom. The largest absolute Gasteiger partial charge is 0.396 e. The molecule has 0 spiro atoms. The second-order valence-corrected chi connectivity index (χ2v) is 3.72. The normalized spacial score (nSPS) is 10.3. The predicted molar refractivity (Wildman–Crippen MR) is 63.9 cm³/mol. The number of anilines is 1. The van der Waals surface area contributed by atoms with Crippen molar-refractivity contribution in [3.63, 3.8) is 0 Å². The highest BCUT2D eigenvalue weighted by molar-refractivity contribution is 5.46. The highest BCUT2D eigenvalue weighted by Gasteiger charge is 1.99. The summed E-state index contributed by atoms with van der Waals surface area (Å²) in [6.45, 7) is 1.84.